The molecule has 0 aliphatic heterocycles. The number of nitrogens with zero attached hydrogens (tertiary/aromatic N) is 1. The summed E-state index contributed by atoms with van der Waals surface area (Å²) in [5.41, 5.74) is 0.672. The number of hydrogen-bond donors (Lipinski definition) is 1. The maximum Gasteiger partial charge on any atom is 0.328 e. The minimum absolute atomic E-state index is 0.298. The summed E-state index contributed by atoms with van der Waals surface area (Å²) in [7, 11) is 1.53. The largest absolute Gasteiger partial charge is 0.480 e. The summed E-state index contributed by atoms with van der Waals surface area (Å²) >= 11 is 0. The summed E-state index contributed by atoms with van der Waals surface area (Å²) < 4.78 is 9.95. The Morgan fingerprint density at radius 2 is 2.38 bits per heavy atom. The van der Waals surface area contributed by atoms with Crippen LogP contribution in [-0.2, 0) is 9.53 Å². The molecule has 1 aromatic rings. The summed E-state index contributed by atoms with van der Waals surface area (Å²) in [5, 5.41) is 2.98. The van der Waals surface area contributed by atoms with Crippen molar-refractivity contribution in [2.45, 2.75) is 19.9 Å². The lowest BCUT2D eigenvalue weighted by Crippen LogP contribution is -2.28. The Balaban J connectivity index is 2.68. The number of ether oxygens (including phenoxy) is 2. The van der Waals surface area contributed by atoms with Crippen molar-refractivity contribution in [2.75, 3.05) is 19.0 Å². The molecule has 1 heterocycles. The first kappa shape index (κ1) is 12.3. The molecule has 0 aliphatic carbocycles. The molecule has 0 saturated heterocycles. The van der Waals surface area contributed by atoms with E-state index in [-0.39, 0.29) is 5.97 Å². The number of methoxy groups -OCH3 is 1. The fourth-order valence-corrected chi connectivity index (χ4v) is 1.22. The van der Waals surface area contributed by atoms with Crippen molar-refractivity contribution in [1.82, 2.24) is 4.98 Å². The summed E-state index contributed by atoms with van der Waals surface area (Å²) in [6, 6.07) is 3.13. The molecule has 88 valence electrons. The monoisotopic (exact) mass is 224 g/mol. The fraction of sp³-hybridized carbons (Fsp3) is 0.455. The van der Waals surface area contributed by atoms with Gasteiger partial charge < -0.3 is 14.8 Å². The zero-order chi connectivity index (χ0) is 12.0. The van der Waals surface area contributed by atoms with Gasteiger partial charge in [-0.2, -0.15) is 0 Å². The predicted octanol–water partition coefficient (Wildman–Crippen LogP) is 1.45. The second-order valence-corrected chi connectivity index (χ2v) is 3.18. The van der Waals surface area contributed by atoms with Crippen molar-refractivity contribution in [3.63, 3.8) is 0 Å². The first-order valence-electron chi connectivity index (χ1n) is 5.11. The molecule has 0 bridgehead atoms. The number of carbonyl (C=O) groups is 1. The van der Waals surface area contributed by atoms with Gasteiger partial charge in [0.1, 0.15) is 6.04 Å². The van der Waals surface area contributed by atoms with E-state index < -0.39 is 6.04 Å². The number of hydrogen-bond acceptors (Lipinski definition) is 5. The van der Waals surface area contributed by atoms with E-state index in [4.69, 9.17) is 9.47 Å². The molecular weight excluding hydrogens is 208 g/mol. The maximum absolute atomic E-state index is 11.4. The van der Waals surface area contributed by atoms with Gasteiger partial charge in [0.25, 0.3) is 0 Å². The molecule has 0 aromatic carbocycles. The molecule has 5 heteroatoms. The van der Waals surface area contributed by atoms with Crippen LogP contribution >= 0.6 is 0 Å². The maximum atomic E-state index is 11.4. The molecule has 0 amide bonds. The number of aromatic nitrogens is 1. The molecule has 1 atom stereocenters. The highest BCUT2D eigenvalue weighted by molar-refractivity contribution is 5.79. The van der Waals surface area contributed by atoms with Gasteiger partial charge in [-0.3, -0.25) is 0 Å². The van der Waals surface area contributed by atoms with E-state index in [1.165, 1.54) is 7.11 Å². The lowest BCUT2D eigenvalue weighted by atomic mass is 10.3. The molecule has 1 rings (SSSR count). The highest BCUT2D eigenvalue weighted by Crippen LogP contribution is 2.20. The summed E-state index contributed by atoms with van der Waals surface area (Å²) in [6.45, 7) is 3.87. The molecule has 1 unspecified atom stereocenters. The summed E-state index contributed by atoms with van der Waals surface area (Å²) in [5.74, 6) is 0.159. The number of pyridine rings is 1. The quantitative estimate of drug-likeness (QED) is 0.767. The van der Waals surface area contributed by atoms with Gasteiger partial charge in [0.05, 0.1) is 19.4 Å². The highest BCUT2D eigenvalue weighted by Gasteiger charge is 2.15. The number of anilines is 1. The third kappa shape index (κ3) is 3.12. The summed E-state index contributed by atoms with van der Waals surface area (Å²) in [4.78, 5) is 15.4. The normalized spacial score (nSPS) is 11.7. The zero-order valence-corrected chi connectivity index (χ0v) is 9.69. The van der Waals surface area contributed by atoms with Crippen LogP contribution < -0.4 is 10.1 Å². The van der Waals surface area contributed by atoms with Gasteiger partial charge in [0, 0.05) is 6.20 Å². The van der Waals surface area contributed by atoms with Gasteiger partial charge >= 0.3 is 5.97 Å². The topological polar surface area (TPSA) is 60.5 Å². The summed E-state index contributed by atoms with van der Waals surface area (Å²) in [6.07, 6.45) is 1.62. The number of rotatable bonds is 5. The molecule has 0 radical (unpaired) electrons. The second kappa shape index (κ2) is 5.95. The van der Waals surface area contributed by atoms with E-state index in [1.54, 1.807) is 32.2 Å². The van der Waals surface area contributed by atoms with E-state index in [1.807, 2.05) is 0 Å². The number of carbonyl (C=O) groups excluding carboxylic acids is 1. The molecule has 0 saturated carbocycles. The minimum Gasteiger partial charge on any atom is -0.480 e. The van der Waals surface area contributed by atoms with Gasteiger partial charge in [-0.25, -0.2) is 9.78 Å². The van der Waals surface area contributed by atoms with E-state index in [0.29, 0.717) is 18.2 Å². The molecule has 0 aliphatic rings. The Hall–Kier alpha value is -1.78. The number of esters is 1. The van der Waals surface area contributed by atoms with Crippen LogP contribution in [0.4, 0.5) is 5.69 Å². The van der Waals surface area contributed by atoms with Crippen molar-refractivity contribution in [1.29, 1.82) is 0 Å². The first-order chi connectivity index (χ1) is 7.69. The molecular formula is C11H16N2O3. The van der Waals surface area contributed by atoms with Crippen LogP contribution in [0, 0.1) is 0 Å². The van der Waals surface area contributed by atoms with Gasteiger partial charge in [-0.05, 0) is 26.0 Å². The van der Waals surface area contributed by atoms with E-state index in [9.17, 15) is 4.79 Å². The van der Waals surface area contributed by atoms with Crippen LogP contribution in [0.2, 0.25) is 0 Å². The molecule has 16 heavy (non-hydrogen) atoms. The first-order valence-corrected chi connectivity index (χ1v) is 5.11. The van der Waals surface area contributed by atoms with Gasteiger partial charge in [0.15, 0.2) is 0 Å². The van der Waals surface area contributed by atoms with Gasteiger partial charge in [-0.1, -0.05) is 0 Å². The molecule has 0 spiro atoms. The zero-order valence-electron chi connectivity index (χ0n) is 9.69. The Morgan fingerprint density at radius 3 is 3.00 bits per heavy atom. The lowest BCUT2D eigenvalue weighted by molar-refractivity contribution is -0.143. The predicted molar refractivity (Wildman–Crippen MR) is 60.5 cm³/mol. The van der Waals surface area contributed by atoms with Crippen LogP contribution in [0.15, 0.2) is 18.3 Å². The van der Waals surface area contributed by atoms with E-state index >= 15 is 0 Å². The molecule has 0 fully saturated rings. The lowest BCUT2D eigenvalue weighted by Gasteiger charge is -2.15. The molecule has 1 N–H and O–H groups in total. The van der Waals surface area contributed by atoms with E-state index in [0.717, 1.165) is 0 Å². The van der Waals surface area contributed by atoms with Gasteiger partial charge in [-0.15, -0.1) is 0 Å². The Kier molecular flexibility index (Phi) is 4.57. The Bertz CT molecular complexity index is 355. The van der Waals surface area contributed by atoms with Gasteiger partial charge in [0.2, 0.25) is 5.88 Å². The minimum atomic E-state index is -0.432. The third-order valence-electron chi connectivity index (χ3n) is 1.98. The average molecular weight is 224 g/mol. The fourth-order valence-electron chi connectivity index (χ4n) is 1.22. The van der Waals surface area contributed by atoms with Crippen LogP contribution in [0.3, 0.4) is 0 Å². The second-order valence-electron chi connectivity index (χ2n) is 3.18. The smallest absolute Gasteiger partial charge is 0.328 e. The third-order valence-corrected chi connectivity index (χ3v) is 1.98. The van der Waals surface area contributed by atoms with Crippen LogP contribution in [-0.4, -0.2) is 30.7 Å². The standard InChI is InChI=1S/C11H16N2O3/c1-4-16-11(14)8(2)13-9-6-5-7-12-10(9)15-3/h5-8,13H,4H2,1-3H3. The van der Waals surface area contributed by atoms with Crippen molar-refractivity contribution in [3.8, 4) is 5.88 Å². The van der Waals surface area contributed by atoms with Crippen LogP contribution in [0.1, 0.15) is 13.8 Å². The van der Waals surface area contributed by atoms with Crippen molar-refractivity contribution in [2.24, 2.45) is 0 Å². The van der Waals surface area contributed by atoms with Crippen LogP contribution in [0.5, 0.6) is 5.88 Å². The highest BCUT2D eigenvalue weighted by atomic mass is 16.5. The van der Waals surface area contributed by atoms with Crippen molar-refractivity contribution in [3.05, 3.63) is 18.3 Å². The average Bonchev–Trinajstić information content (AvgIpc) is 2.30. The molecule has 5 nitrogen and oxygen atoms in total. The SMILES string of the molecule is CCOC(=O)C(C)Nc1cccnc1OC. The van der Waals surface area contributed by atoms with E-state index in [2.05, 4.69) is 10.3 Å². The van der Waals surface area contributed by atoms with Crippen LogP contribution in [0.25, 0.3) is 0 Å². The van der Waals surface area contributed by atoms with Crippen molar-refractivity contribution >= 4 is 11.7 Å². The Morgan fingerprint density at radius 1 is 1.62 bits per heavy atom. The molecule has 1 aromatic heterocycles. The Labute approximate surface area is 94.8 Å². The van der Waals surface area contributed by atoms with Crippen molar-refractivity contribution < 1.29 is 14.3 Å². The number of nitrogens with one attached hydrogen (secondary N) is 1.